The van der Waals surface area contributed by atoms with Crippen LogP contribution in [0.1, 0.15) is 34.9 Å². The van der Waals surface area contributed by atoms with Crippen molar-refractivity contribution in [3.8, 4) is 0 Å². The first-order valence-electron chi connectivity index (χ1n) is 8.07. The highest BCUT2D eigenvalue weighted by atomic mass is 35.5. The molecule has 1 aromatic heterocycles. The van der Waals surface area contributed by atoms with Crippen LogP contribution in [0.4, 0.5) is 0 Å². The van der Waals surface area contributed by atoms with Crippen molar-refractivity contribution in [1.82, 2.24) is 10.2 Å². The number of nitrogens with zero attached hydrogens (tertiary/aromatic N) is 1. The number of benzene rings is 1. The number of halogens is 1. The minimum absolute atomic E-state index is 0.00997. The number of nitrogens with one attached hydrogen (secondary N) is 1. The van der Waals surface area contributed by atoms with E-state index >= 15 is 0 Å². The molecule has 1 amide bonds. The van der Waals surface area contributed by atoms with Gasteiger partial charge in [-0.2, -0.15) is 0 Å². The molecule has 2 heterocycles. The van der Waals surface area contributed by atoms with Gasteiger partial charge in [-0.1, -0.05) is 23.7 Å². The number of carbonyl (C=O) groups excluding carboxylic acids is 1. The van der Waals surface area contributed by atoms with Crippen LogP contribution >= 0.6 is 22.9 Å². The van der Waals surface area contributed by atoms with Crippen molar-refractivity contribution in [2.24, 2.45) is 0 Å². The molecule has 0 unspecified atom stereocenters. The Kier molecular flexibility index (Phi) is 4.14. The summed E-state index contributed by atoms with van der Waals surface area (Å²) in [7, 11) is 0. The third-order valence-corrected chi connectivity index (χ3v) is 5.84. The van der Waals surface area contributed by atoms with Crippen LogP contribution in [-0.4, -0.2) is 29.9 Å². The second-order valence-electron chi connectivity index (χ2n) is 6.25. The maximum atomic E-state index is 12.8. The third-order valence-electron chi connectivity index (χ3n) is 4.59. The first-order valence-corrected chi connectivity index (χ1v) is 9.33. The first kappa shape index (κ1) is 15.2. The Hall–Kier alpha value is -1.36. The van der Waals surface area contributed by atoms with E-state index in [0.29, 0.717) is 12.6 Å². The van der Waals surface area contributed by atoms with E-state index in [4.69, 9.17) is 11.6 Å². The van der Waals surface area contributed by atoms with Crippen LogP contribution in [0.2, 0.25) is 5.02 Å². The van der Waals surface area contributed by atoms with E-state index in [2.05, 4.69) is 16.8 Å². The number of hydrogen-bond acceptors (Lipinski definition) is 3. The van der Waals surface area contributed by atoms with Crippen LogP contribution < -0.4 is 5.32 Å². The SMILES string of the molecule is O=C(CNC1CC1)N1CCc2sccc2[C@H]1c1ccc(Cl)cc1. The monoisotopic (exact) mass is 346 g/mol. The normalized spacial score (nSPS) is 20.4. The van der Waals surface area contributed by atoms with Crippen molar-refractivity contribution >= 4 is 28.8 Å². The molecule has 3 nitrogen and oxygen atoms in total. The zero-order chi connectivity index (χ0) is 15.8. The van der Waals surface area contributed by atoms with Crippen LogP contribution in [0.3, 0.4) is 0 Å². The zero-order valence-electron chi connectivity index (χ0n) is 12.8. The van der Waals surface area contributed by atoms with Gasteiger partial charge in [0.15, 0.2) is 0 Å². The standard InChI is InChI=1S/C18H19ClN2OS/c19-13-3-1-12(2-4-13)18-15-8-10-23-16(15)7-9-21(18)17(22)11-20-14-5-6-14/h1-4,8,10,14,18,20H,5-7,9,11H2/t18-/m1/s1. The fourth-order valence-corrected chi connectivity index (χ4v) is 4.24. The Balaban J connectivity index is 1.63. The van der Waals surface area contributed by atoms with Gasteiger partial charge in [-0.3, -0.25) is 4.79 Å². The summed E-state index contributed by atoms with van der Waals surface area (Å²) in [6.07, 6.45) is 3.34. The number of fused-ring (bicyclic) bond motifs is 1. The van der Waals surface area contributed by atoms with Crippen molar-refractivity contribution in [1.29, 1.82) is 0 Å². The molecule has 1 aromatic carbocycles. The third kappa shape index (κ3) is 3.16. The largest absolute Gasteiger partial charge is 0.330 e. The summed E-state index contributed by atoms with van der Waals surface area (Å²) < 4.78 is 0. The van der Waals surface area contributed by atoms with Crippen LogP contribution in [0, 0.1) is 0 Å². The van der Waals surface area contributed by atoms with Gasteiger partial charge in [0.2, 0.25) is 5.91 Å². The van der Waals surface area contributed by atoms with E-state index in [1.165, 1.54) is 23.3 Å². The Labute approximate surface area is 145 Å². The molecule has 0 spiro atoms. The molecule has 0 radical (unpaired) electrons. The lowest BCUT2D eigenvalue weighted by Gasteiger charge is -2.36. The van der Waals surface area contributed by atoms with Crippen molar-refractivity contribution in [2.45, 2.75) is 31.3 Å². The summed E-state index contributed by atoms with van der Waals surface area (Å²) in [5, 5.41) is 6.20. The minimum atomic E-state index is 0.00997. The molecule has 1 saturated carbocycles. The quantitative estimate of drug-likeness (QED) is 0.916. The lowest BCUT2D eigenvalue weighted by molar-refractivity contribution is -0.132. The maximum absolute atomic E-state index is 12.8. The number of amides is 1. The number of rotatable bonds is 4. The molecule has 0 saturated heterocycles. The molecule has 1 fully saturated rings. The summed E-state index contributed by atoms with van der Waals surface area (Å²) in [5.41, 5.74) is 2.40. The predicted octanol–water partition coefficient (Wildman–Crippen LogP) is 3.63. The van der Waals surface area contributed by atoms with E-state index in [-0.39, 0.29) is 11.9 Å². The molecule has 2 aliphatic rings. The van der Waals surface area contributed by atoms with Crippen LogP contribution in [-0.2, 0) is 11.2 Å². The molecule has 23 heavy (non-hydrogen) atoms. The van der Waals surface area contributed by atoms with Gasteiger partial charge in [0.25, 0.3) is 0 Å². The van der Waals surface area contributed by atoms with Gasteiger partial charge in [0.05, 0.1) is 12.6 Å². The summed E-state index contributed by atoms with van der Waals surface area (Å²) in [6.45, 7) is 1.22. The highest BCUT2D eigenvalue weighted by Crippen LogP contribution is 2.38. The first-order chi connectivity index (χ1) is 11.2. The Morgan fingerprint density at radius 1 is 1.26 bits per heavy atom. The summed E-state index contributed by atoms with van der Waals surface area (Å²) in [4.78, 5) is 16.2. The maximum Gasteiger partial charge on any atom is 0.237 e. The topological polar surface area (TPSA) is 32.3 Å². The van der Waals surface area contributed by atoms with Gasteiger partial charge in [-0.25, -0.2) is 0 Å². The Bertz CT molecular complexity index is 708. The fraction of sp³-hybridized carbons (Fsp3) is 0.389. The molecule has 2 aromatic rings. The molecule has 1 aliphatic carbocycles. The van der Waals surface area contributed by atoms with Crippen LogP contribution in [0.25, 0.3) is 0 Å². The molecule has 5 heteroatoms. The summed E-state index contributed by atoms with van der Waals surface area (Å²) >= 11 is 7.82. The second kappa shape index (κ2) is 6.27. The van der Waals surface area contributed by atoms with E-state index in [1.54, 1.807) is 11.3 Å². The summed E-state index contributed by atoms with van der Waals surface area (Å²) in [6, 6.07) is 10.6. The van der Waals surface area contributed by atoms with Gasteiger partial charge in [-0.05, 0) is 54.0 Å². The van der Waals surface area contributed by atoms with Gasteiger partial charge in [-0.15, -0.1) is 11.3 Å². The average Bonchev–Trinajstić information content (AvgIpc) is 3.27. The van der Waals surface area contributed by atoms with Gasteiger partial charge < -0.3 is 10.2 Å². The zero-order valence-corrected chi connectivity index (χ0v) is 14.4. The lowest BCUT2D eigenvalue weighted by Crippen LogP contribution is -2.44. The summed E-state index contributed by atoms with van der Waals surface area (Å²) in [5.74, 6) is 0.189. The molecular weight excluding hydrogens is 328 g/mol. The molecule has 1 aliphatic heterocycles. The minimum Gasteiger partial charge on any atom is -0.330 e. The van der Waals surface area contributed by atoms with Crippen molar-refractivity contribution < 1.29 is 4.79 Å². The fourth-order valence-electron chi connectivity index (χ4n) is 3.21. The molecule has 4 rings (SSSR count). The van der Waals surface area contributed by atoms with Gasteiger partial charge >= 0.3 is 0 Å². The Morgan fingerprint density at radius 2 is 2.04 bits per heavy atom. The number of hydrogen-bond donors (Lipinski definition) is 1. The van der Waals surface area contributed by atoms with E-state index in [1.807, 2.05) is 29.2 Å². The van der Waals surface area contributed by atoms with Crippen LogP contribution in [0.15, 0.2) is 35.7 Å². The smallest absolute Gasteiger partial charge is 0.237 e. The van der Waals surface area contributed by atoms with Crippen molar-refractivity contribution in [3.63, 3.8) is 0 Å². The predicted molar refractivity (Wildman–Crippen MR) is 94.1 cm³/mol. The van der Waals surface area contributed by atoms with Gasteiger partial charge in [0.1, 0.15) is 0 Å². The van der Waals surface area contributed by atoms with Gasteiger partial charge in [0, 0.05) is 22.5 Å². The van der Waals surface area contributed by atoms with Crippen LogP contribution in [0.5, 0.6) is 0 Å². The highest BCUT2D eigenvalue weighted by molar-refractivity contribution is 7.10. The Morgan fingerprint density at radius 3 is 2.78 bits per heavy atom. The lowest BCUT2D eigenvalue weighted by atomic mass is 9.93. The van der Waals surface area contributed by atoms with E-state index < -0.39 is 0 Å². The highest BCUT2D eigenvalue weighted by Gasteiger charge is 2.33. The van der Waals surface area contributed by atoms with E-state index in [0.717, 1.165) is 23.6 Å². The van der Waals surface area contributed by atoms with Crippen molar-refractivity contribution in [2.75, 3.05) is 13.1 Å². The van der Waals surface area contributed by atoms with Crippen molar-refractivity contribution in [3.05, 3.63) is 56.7 Å². The second-order valence-corrected chi connectivity index (χ2v) is 7.68. The molecule has 1 atom stereocenters. The molecule has 1 N–H and O–H groups in total. The molecular formula is C18H19ClN2OS. The molecule has 0 bridgehead atoms. The number of thiophene rings is 1. The average molecular weight is 347 g/mol. The number of carbonyl (C=O) groups is 1. The van der Waals surface area contributed by atoms with E-state index in [9.17, 15) is 4.79 Å². The molecule has 120 valence electrons.